The van der Waals surface area contributed by atoms with E-state index in [0.29, 0.717) is 0 Å². The number of nitrogens with zero attached hydrogens (tertiary/aromatic N) is 1. The van der Waals surface area contributed by atoms with Crippen molar-refractivity contribution >= 4 is 29.1 Å². The minimum atomic E-state index is -0.935. The minimum Gasteiger partial charge on any atom is -0.481 e. The Hall–Kier alpha value is -1.89. The summed E-state index contributed by atoms with van der Waals surface area (Å²) in [6.45, 7) is 5.27. The van der Waals surface area contributed by atoms with Gasteiger partial charge in [0, 0.05) is 24.4 Å². The summed E-state index contributed by atoms with van der Waals surface area (Å²) >= 11 is 1.47. The molecule has 6 nitrogen and oxygen atoms in total. The Bertz CT molecular complexity index is 514. The van der Waals surface area contributed by atoms with Gasteiger partial charge in [0.2, 0.25) is 11.8 Å². The third-order valence-corrected chi connectivity index (χ3v) is 4.14. The van der Waals surface area contributed by atoms with E-state index < -0.39 is 5.97 Å². The number of amides is 2. The minimum absolute atomic E-state index is 0.0896. The summed E-state index contributed by atoms with van der Waals surface area (Å²) in [5.74, 6) is -1.30. The van der Waals surface area contributed by atoms with E-state index in [9.17, 15) is 14.4 Å². The number of carboxylic acid groups (broad SMARTS) is 1. The second-order valence-corrected chi connectivity index (χ2v) is 6.28. The Kier molecular flexibility index (Phi) is 7.04. The molecule has 1 heterocycles. The van der Waals surface area contributed by atoms with Crippen LogP contribution < -0.4 is 5.32 Å². The van der Waals surface area contributed by atoms with E-state index in [-0.39, 0.29) is 43.3 Å². The van der Waals surface area contributed by atoms with Crippen LogP contribution in [-0.2, 0) is 14.4 Å². The Balaban J connectivity index is 2.78. The summed E-state index contributed by atoms with van der Waals surface area (Å²) in [5, 5.41) is 13.5. The van der Waals surface area contributed by atoms with Gasteiger partial charge in [-0.2, -0.15) is 0 Å². The fourth-order valence-corrected chi connectivity index (χ4v) is 2.91. The van der Waals surface area contributed by atoms with Crippen LogP contribution in [0.2, 0.25) is 0 Å². The molecular weight excluding hydrogens is 304 g/mol. The van der Waals surface area contributed by atoms with Crippen LogP contribution in [0, 0.1) is 0 Å². The normalized spacial score (nSPS) is 12.0. The van der Waals surface area contributed by atoms with Crippen molar-refractivity contribution in [3.63, 3.8) is 0 Å². The summed E-state index contributed by atoms with van der Waals surface area (Å²) in [5.41, 5.74) is 0. The molecule has 0 saturated heterocycles. The smallest absolute Gasteiger partial charge is 0.305 e. The third-order valence-electron chi connectivity index (χ3n) is 3.15. The molecule has 1 aromatic heterocycles. The van der Waals surface area contributed by atoms with Crippen molar-refractivity contribution in [1.29, 1.82) is 0 Å². The lowest BCUT2D eigenvalue weighted by Gasteiger charge is -2.28. The van der Waals surface area contributed by atoms with Crippen molar-refractivity contribution in [1.82, 2.24) is 10.2 Å². The molecule has 122 valence electrons. The van der Waals surface area contributed by atoms with Crippen LogP contribution in [-0.4, -0.2) is 40.4 Å². The van der Waals surface area contributed by atoms with Gasteiger partial charge in [-0.3, -0.25) is 14.4 Å². The molecule has 1 aromatic rings. The zero-order valence-electron chi connectivity index (χ0n) is 13.0. The number of carboxylic acids is 1. The van der Waals surface area contributed by atoms with E-state index >= 15 is 0 Å². The van der Waals surface area contributed by atoms with Crippen molar-refractivity contribution in [3.05, 3.63) is 22.4 Å². The molecule has 0 aliphatic carbocycles. The molecular formula is C15H22N2O4S. The largest absolute Gasteiger partial charge is 0.481 e. The van der Waals surface area contributed by atoms with E-state index in [1.54, 1.807) is 0 Å². The van der Waals surface area contributed by atoms with Crippen molar-refractivity contribution in [2.45, 2.75) is 45.7 Å². The summed E-state index contributed by atoms with van der Waals surface area (Å²) < 4.78 is 0. The van der Waals surface area contributed by atoms with Crippen molar-refractivity contribution in [3.8, 4) is 0 Å². The highest BCUT2D eigenvalue weighted by molar-refractivity contribution is 7.10. The van der Waals surface area contributed by atoms with Crippen molar-refractivity contribution < 1.29 is 19.5 Å². The summed E-state index contributed by atoms with van der Waals surface area (Å²) in [6, 6.07) is 3.27. The van der Waals surface area contributed by atoms with Crippen LogP contribution in [0.15, 0.2) is 17.5 Å². The Morgan fingerprint density at radius 3 is 2.50 bits per heavy atom. The Morgan fingerprint density at radius 1 is 1.36 bits per heavy atom. The molecule has 0 aromatic carbocycles. The topological polar surface area (TPSA) is 86.7 Å². The Morgan fingerprint density at radius 2 is 2.05 bits per heavy atom. The summed E-state index contributed by atoms with van der Waals surface area (Å²) in [7, 11) is 0. The predicted molar refractivity (Wildman–Crippen MR) is 84.6 cm³/mol. The first-order valence-corrected chi connectivity index (χ1v) is 8.01. The van der Waals surface area contributed by atoms with Gasteiger partial charge in [0.05, 0.1) is 18.9 Å². The lowest BCUT2D eigenvalue weighted by Crippen LogP contribution is -2.40. The number of carbonyl (C=O) groups excluding carboxylic acids is 2. The van der Waals surface area contributed by atoms with Crippen molar-refractivity contribution in [2.24, 2.45) is 0 Å². The van der Waals surface area contributed by atoms with Gasteiger partial charge >= 0.3 is 5.97 Å². The zero-order valence-corrected chi connectivity index (χ0v) is 13.9. The number of hydrogen-bond acceptors (Lipinski definition) is 4. The molecule has 0 aliphatic heterocycles. The number of thiophene rings is 1. The van der Waals surface area contributed by atoms with Crippen LogP contribution in [0.1, 0.15) is 44.5 Å². The lowest BCUT2D eigenvalue weighted by atomic mass is 10.1. The van der Waals surface area contributed by atoms with Gasteiger partial charge in [0.1, 0.15) is 0 Å². The van der Waals surface area contributed by atoms with Gasteiger partial charge in [0.15, 0.2) is 0 Å². The fourth-order valence-electron chi connectivity index (χ4n) is 2.14. The molecule has 22 heavy (non-hydrogen) atoms. The maximum atomic E-state index is 12.5. The van der Waals surface area contributed by atoms with Crippen LogP contribution in [0.4, 0.5) is 0 Å². The number of hydrogen-bond donors (Lipinski definition) is 2. The number of aliphatic carboxylic acids is 1. The number of carbonyl (C=O) groups is 3. The van der Waals surface area contributed by atoms with E-state index in [4.69, 9.17) is 5.11 Å². The molecule has 1 unspecified atom stereocenters. The molecule has 2 amide bonds. The second kappa shape index (κ2) is 8.53. The average molecular weight is 326 g/mol. The van der Waals surface area contributed by atoms with E-state index in [1.165, 1.54) is 23.2 Å². The zero-order chi connectivity index (χ0) is 16.7. The first kappa shape index (κ1) is 18.2. The standard InChI is InChI=1S/C15H22N2O4S/c1-10(2)17(7-6-15(20)21)14(19)9-12(16-11(3)18)13-5-4-8-22-13/h4-5,8,10,12H,6-7,9H2,1-3H3,(H,16,18)(H,20,21). The van der Waals surface area contributed by atoms with Crippen LogP contribution >= 0.6 is 11.3 Å². The highest BCUT2D eigenvalue weighted by Gasteiger charge is 2.24. The molecule has 2 N–H and O–H groups in total. The number of rotatable bonds is 8. The molecule has 0 spiro atoms. The predicted octanol–water partition coefficient (Wildman–Crippen LogP) is 2.03. The van der Waals surface area contributed by atoms with Crippen LogP contribution in [0.3, 0.4) is 0 Å². The van der Waals surface area contributed by atoms with Gasteiger partial charge in [-0.15, -0.1) is 11.3 Å². The first-order chi connectivity index (χ1) is 10.3. The van der Waals surface area contributed by atoms with Crippen molar-refractivity contribution in [2.75, 3.05) is 6.54 Å². The third kappa shape index (κ3) is 5.85. The van der Waals surface area contributed by atoms with Crippen LogP contribution in [0.25, 0.3) is 0 Å². The highest BCUT2D eigenvalue weighted by Crippen LogP contribution is 2.23. The number of nitrogens with one attached hydrogen (secondary N) is 1. The molecule has 1 rings (SSSR count). The van der Waals surface area contributed by atoms with Gasteiger partial charge in [-0.1, -0.05) is 6.07 Å². The molecule has 0 bridgehead atoms. The van der Waals surface area contributed by atoms with Gasteiger partial charge in [-0.25, -0.2) is 0 Å². The highest BCUT2D eigenvalue weighted by atomic mass is 32.1. The average Bonchev–Trinajstić information content (AvgIpc) is 2.90. The molecule has 0 saturated carbocycles. The van der Waals surface area contributed by atoms with Gasteiger partial charge in [-0.05, 0) is 25.3 Å². The SMILES string of the molecule is CC(=O)NC(CC(=O)N(CCC(=O)O)C(C)C)c1cccs1. The van der Waals surface area contributed by atoms with E-state index in [2.05, 4.69) is 5.32 Å². The van der Waals surface area contributed by atoms with Gasteiger partial charge < -0.3 is 15.3 Å². The maximum absolute atomic E-state index is 12.5. The molecule has 7 heteroatoms. The Labute approximate surface area is 134 Å². The molecule has 0 aliphatic rings. The lowest BCUT2D eigenvalue weighted by molar-refractivity contribution is -0.139. The van der Waals surface area contributed by atoms with E-state index in [0.717, 1.165) is 4.88 Å². The van der Waals surface area contributed by atoms with Crippen LogP contribution in [0.5, 0.6) is 0 Å². The molecule has 0 fully saturated rings. The quantitative estimate of drug-likeness (QED) is 0.765. The maximum Gasteiger partial charge on any atom is 0.305 e. The monoisotopic (exact) mass is 326 g/mol. The van der Waals surface area contributed by atoms with Gasteiger partial charge in [0.25, 0.3) is 0 Å². The fraction of sp³-hybridized carbons (Fsp3) is 0.533. The molecule has 0 radical (unpaired) electrons. The first-order valence-electron chi connectivity index (χ1n) is 7.13. The second-order valence-electron chi connectivity index (χ2n) is 5.30. The summed E-state index contributed by atoms with van der Waals surface area (Å²) in [4.78, 5) is 37.0. The molecule has 1 atom stereocenters. The summed E-state index contributed by atoms with van der Waals surface area (Å²) in [6.07, 6.45) is 0.0334. The van der Waals surface area contributed by atoms with E-state index in [1.807, 2.05) is 31.4 Å².